The second-order valence-corrected chi connectivity index (χ2v) is 3.68. The maximum absolute atomic E-state index is 11.1. The van der Waals surface area contributed by atoms with Crippen LogP contribution in [0.25, 0.3) is 0 Å². The van der Waals surface area contributed by atoms with E-state index < -0.39 is 0 Å². The van der Waals surface area contributed by atoms with E-state index in [0.717, 1.165) is 6.42 Å². The zero-order valence-corrected chi connectivity index (χ0v) is 6.30. The van der Waals surface area contributed by atoms with Crippen LogP contribution in [0.2, 0.25) is 0 Å². The lowest BCUT2D eigenvalue weighted by Gasteiger charge is -2.53. The fourth-order valence-electron chi connectivity index (χ4n) is 2.72. The molecule has 0 aromatic carbocycles. The standard InChI is InChI=1S/C8H8O4/c9-2-11-6-3-1-4-5(3)7(6)12-8(4)10/h2-7H,1H2. The van der Waals surface area contributed by atoms with Crippen molar-refractivity contribution in [2.45, 2.75) is 18.6 Å². The Morgan fingerprint density at radius 1 is 1.58 bits per heavy atom. The highest BCUT2D eigenvalue weighted by molar-refractivity contribution is 5.78. The first-order chi connectivity index (χ1) is 5.83. The lowest BCUT2D eigenvalue weighted by Crippen LogP contribution is -2.62. The first-order valence-electron chi connectivity index (χ1n) is 4.12. The quantitative estimate of drug-likeness (QED) is 0.420. The van der Waals surface area contributed by atoms with Gasteiger partial charge in [-0.05, 0) is 6.42 Å². The Hall–Kier alpha value is -1.06. The van der Waals surface area contributed by atoms with Crippen molar-refractivity contribution in [3.8, 4) is 0 Å². The summed E-state index contributed by atoms with van der Waals surface area (Å²) in [5.41, 5.74) is 0. The number of rotatable bonds is 2. The van der Waals surface area contributed by atoms with E-state index in [0.29, 0.717) is 18.3 Å². The number of hydrogen-bond acceptors (Lipinski definition) is 4. The van der Waals surface area contributed by atoms with E-state index in [1.165, 1.54) is 0 Å². The number of ether oxygens (including phenoxy) is 2. The minimum absolute atomic E-state index is 0.0988. The van der Waals surface area contributed by atoms with Crippen molar-refractivity contribution >= 4 is 12.4 Å². The van der Waals surface area contributed by atoms with Crippen molar-refractivity contribution in [2.24, 2.45) is 17.8 Å². The maximum Gasteiger partial charge on any atom is 0.309 e. The molecule has 3 fully saturated rings. The smallest absolute Gasteiger partial charge is 0.309 e. The largest absolute Gasteiger partial charge is 0.460 e. The summed E-state index contributed by atoms with van der Waals surface area (Å²) in [5.74, 6) is 0.781. The summed E-state index contributed by atoms with van der Waals surface area (Å²) >= 11 is 0. The predicted molar refractivity (Wildman–Crippen MR) is 35.9 cm³/mol. The van der Waals surface area contributed by atoms with Gasteiger partial charge in [0.1, 0.15) is 12.2 Å². The highest BCUT2D eigenvalue weighted by atomic mass is 16.6. The van der Waals surface area contributed by atoms with Crippen LogP contribution in [0.4, 0.5) is 0 Å². The van der Waals surface area contributed by atoms with Gasteiger partial charge >= 0.3 is 5.97 Å². The fraction of sp³-hybridized carbons (Fsp3) is 0.750. The summed E-state index contributed by atoms with van der Waals surface area (Å²) in [6.45, 7) is 0.445. The molecular weight excluding hydrogens is 160 g/mol. The molecule has 4 heteroatoms. The van der Waals surface area contributed by atoms with Crippen molar-refractivity contribution in [3.05, 3.63) is 0 Å². The number of carbonyl (C=O) groups excluding carboxylic acids is 2. The van der Waals surface area contributed by atoms with Crippen LogP contribution in [0.15, 0.2) is 0 Å². The van der Waals surface area contributed by atoms with Crippen LogP contribution in [0.3, 0.4) is 0 Å². The molecule has 1 saturated heterocycles. The normalized spacial score (nSPS) is 53.0. The zero-order chi connectivity index (χ0) is 8.29. The highest BCUT2D eigenvalue weighted by Crippen LogP contribution is 2.61. The molecule has 1 heterocycles. The molecular formula is C8H8O4. The number of hydrogen-bond donors (Lipinski definition) is 0. The Morgan fingerprint density at radius 2 is 2.42 bits per heavy atom. The minimum atomic E-state index is -0.143. The second-order valence-electron chi connectivity index (χ2n) is 3.68. The van der Waals surface area contributed by atoms with Gasteiger partial charge in [-0.25, -0.2) is 0 Å². The predicted octanol–water partition coefficient (Wildman–Crippen LogP) is -0.281. The second kappa shape index (κ2) is 1.81. The molecule has 12 heavy (non-hydrogen) atoms. The average molecular weight is 168 g/mol. The van der Waals surface area contributed by atoms with E-state index in [1.807, 2.05) is 0 Å². The maximum atomic E-state index is 11.1. The van der Waals surface area contributed by atoms with Crippen LogP contribution >= 0.6 is 0 Å². The van der Waals surface area contributed by atoms with Crippen molar-refractivity contribution in [3.63, 3.8) is 0 Å². The molecule has 0 bridgehead atoms. The summed E-state index contributed by atoms with van der Waals surface area (Å²) in [5, 5.41) is 0. The Labute approximate surface area is 68.8 Å². The molecule has 64 valence electrons. The molecule has 0 N–H and O–H groups in total. The van der Waals surface area contributed by atoms with Gasteiger partial charge in [0.05, 0.1) is 5.92 Å². The van der Waals surface area contributed by atoms with Crippen LogP contribution < -0.4 is 0 Å². The van der Waals surface area contributed by atoms with E-state index in [2.05, 4.69) is 0 Å². The molecule has 1 aliphatic heterocycles. The lowest BCUT2D eigenvalue weighted by molar-refractivity contribution is -0.197. The van der Waals surface area contributed by atoms with Gasteiger partial charge in [0.2, 0.25) is 0 Å². The molecule has 0 radical (unpaired) electrons. The van der Waals surface area contributed by atoms with Gasteiger partial charge in [-0.3, -0.25) is 9.59 Å². The summed E-state index contributed by atoms with van der Waals surface area (Å²) in [6, 6.07) is 0. The Morgan fingerprint density at radius 3 is 3.17 bits per heavy atom. The lowest BCUT2D eigenvalue weighted by atomic mass is 9.51. The van der Waals surface area contributed by atoms with Gasteiger partial charge in [-0.15, -0.1) is 0 Å². The van der Waals surface area contributed by atoms with E-state index in [4.69, 9.17) is 9.47 Å². The minimum Gasteiger partial charge on any atom is -0.460 e. The molecule has 0 aromatic rings. The third-order valence-corrected chi connectivity index (χ3v) is 3.38. The van der Waals surface area contributed by atoms with E-state index in [9.17, 15) is 9.59 Å². The van der Waals surface area contributed by atoms with E-state index >= 15 is 0 Å². The van der Waals surface area contributed by atoms with Gasteiger partial charge in [0, 0.05) is 11.8 Å². The summed E-state index contributed by atoms with van der Waals surface area (Å²) in [6.07, 6.45) is 0.583. The first-order valence-corrected chi connectivity index (χ1v) is 4.12. The van der Waals surface area contributed by atoms with Gasteiger partial charge in [0.25, 0.3) is 6.47 Å². The molecule has 3 rings (SSSR count). The summed E-state index contributed by atoms with van der Waals surface area (Å²) in [7, 11) is 0. The third-order valence-electron chi connectivity index (χ3n) is 3.38. The van der Waals surface area contributed by atoms with Gasteiger partial charge in [0.15, 0.2) is 0 Å². The molecule has 0 aromatic heterocycles. The summed E-state index contributed by atoms with van der Waals surface area (Å²) < 4.78 is 9.89. The Balaban J connectivity index is 1.80. The zero-order valence-electron chi connectivity index (χ0n) is 6.30. The SMILES string of the molecule is O=COC1C2CC3C(=O)OC1C32. The molecule has 2 saturated carbocycles. The monoisotopic (exact) mass is 168 g/mol. The van der Waals surface area contributed by atoms with Crippen molar-refractivity contribution in [2.75, 3.05) is 0 Å². The third kappa shape index (κ3) is 0.489. The van der Waals surface area contributed by atoms with E-state index in [-0.39, 0.29) is 24.1 Å². The van der Waals surface area contributed by atoms with Crippen molar-refractivity contribution < 1.29 is 19.1 Å². The molecule has 0 spiro atoms. The van der Waals surface area contributed by atoms with Crippen molar-refractivity contribution in [1.82, 2.24) is 0 Å². The van der Waals surface area contributed by atoms with Crippen LogP contribution in [0.1, 0.15) is 6.42 Å². The van der Waals surface area contributed by atoms with Crippen LogP contribution in [-0.4, -0.2) is 24.6 Å². The molecule has 2 aliphatic carbocycles. The first kappa shape index (κ1) is 6.46. The molecule has 3 aliphatic rings. The average Bonchev–Trinajstić information content (AvgIpc) is 2.15. The van der Waals surface area contributed by atoms with Crippen LogP contribution in [0.5, 0.6) is 0 Å². The molecule has 5 unspecified atom stereocenters. The highest BCUT2D eigenvalue weighted by Gasteiger charge is 2.70. The van der Waals surface area contributed by atoms with Crippen LogP contribution in [-0.2, 0) is 19.1 Å². The molecule has 5 atom stereocenters. The number of esters is 1. The summed E-state index contributed by atoms with van der Waals surface area (Å²) in [4.78, 5) is 21.1. The topological polar surface area (TPSA) is 52.6 Å². The number of carbonyl (C=O) groups is 2. The molecule has 4 nitrogen and oxygen atoms in total. The Kier molecular flexibility index (Phi) is 0.975. The van der Waals surface area contributed by atoms with Gasteiger partial charge in [-0.1, -0.05) is 0 Å². The van der Waals surface area contributed by atoms with E-state index in [1.54, 1.807) is 0 Å². The van der Waals surface area contributed by atoms with Crippen LogP contribution in [0, 0.1) is 17.8 Å². The van der Waals surface area contributed by atoms with Gasteiger partial charge < -0.3 is 9.47 Å². The fourth-order valence-corrected chi connectivity index (χ4v) is 2.72. The Bertz CT molecular complexity index is 262. The van der Waals surface area contributed by atoms with Crippen molar-refractivity contribution in [1.29, 1.82) is 0 Å². The van der Waals surface area contributed by atoms with Gasteiger partial charge in [-0.2, -0.15) is 0 Å². The molecule has 0 amide bonds.